The molecule has 0 aromatic rings. The topological polar surface area (TPSA) is 64.8 Å². The summed E-state index contributed by atoms with van der Waals surface area (Å²) < 4.78 is 9.99. The normalized spacial score (nSPS) is 12.8. The van der Waals surface area contributed by atoms with Crippen molar-refractivity contribution in [3.63, 3.8) is 0 Å². The van der Waals surface area contributed by atoms with Crippen LogP contribution in [0.2, 0.25) is 0 Å². The van der Waals surface area contributed by atoms with E-state index in [1.54, 1.807) is 19.1 Å². The molecule has 0 aliphatic heterocycles. The molecule has 1 atom stereocenters. The number of amides is 1. The minimum Gasteiger partial charge on any atom is -0.385 e. The quantitative estimate of drug-likeness (QED) is 0.601. The second kappa shape index (κ2) is 9.39. The van der Waals surface area contributed by atoms with E-state index in [9.17, 15) is 4.79 Å². The molecule has 0 fully saturated rings. The Balaban J connectivity index is 4.28. The molecule has 0 bridgehead atoms. The van der Waals surface area contributed by atoms with Gasteiger partial charge < -0.3 is 20.1 Å². The van der Waals surface area contributed by atoms with Gasteiger partial charge in [0.1, 0.15) is 0 Å². The predicted molar refractivity (Wildman–Crippen MR) is 67.8 cm³/mol. The molecule has 1 amide bonds. The fourth-order valence-corrected chi connectivity index (χ4v) is 1.43. The molecule has 0 rings (SSSR count). The third-order valence-electron chi connectivity index (χ3n) is 2.66. The van der Waals surface area contributed by atoms with Crippen molar-refractivity contribution in [3.05, 3.63) is 0 Å². The average molecular weight is 246 g/mol. The van der Waals surface area contributed by atoms with Gasteiger partial charge in [-0.1, -0.05) is 13.8 Å². The smallest absolute Gasteiger partial charge is 0.239 e. The van der Waals surface area contributed by atoms with Gasteiger partial charge in [0.2, 0.25) is 5.91 Å². The number of carbonyl (C=O) groups excluding carboxylic acids is 1. The van der Waals surface area contributed by atoms with Gasteiger partial charge in [-0.15, -0.1) is 0 Å². The molecule has 0 heterocycles. The van der Waals surface area contributed by atoms with E-state index in [1.165, 1.54) is 0 Å². The van der Waals surface area contributed by atoms with Crippen LogP contribution in [0.1, 0.15) is 20.3 Å². The highest BCUT2D eigenvalue weighted by Gasteiger charge is 2.22. The number of carbonyl (C=O) groups is 1. The third kappa shape index (κ3) is 6.61. The summed E-state index contributed by atoms with van der Waals surface area (Å²) in [4.78, 5) is 13.8. The highest BCUT2D eigenvalue weighted by molar-refractivity contribution is 5.81. The van der Waals surface area contributed by atoms with Crippen molar-refractivity contribution in [1.29, 1.82) is 0 Å². The molecule has 0 aliphatic rings. The van der Waals surface area contributed by atoms with Gasteiger partial charge in [-0.05, 0) is 12.3 Å². The lowest BCUT2D eigenvalue weighted by Crippen LogP contribution is -2.48. The molecule has 0 aliphatic carbocycles. The highest BCUT2D eigenvalue weighted by atomic mass is 16.5. The van der Waals surface area contributed by atoms with Crippen LogP contribution in [0.5, 0.6) is 0 Å². The number of nitrogens with two attached hydrogens (primary N) is 1. The van der Waals surface area contributed by atoms with E-state index in [-0.39, 0.29) is 11.8 Å². The minimum atomic E-state index is -0.436. The summed E-state index contributed by atoms with van der Waals surface area (Å²) in [7, 11) is 3.28. The zero-order valence-electron chi connectivity index (χ0n) is 11.4. The summed E-state index contributed by atoms with van der Waals surface area (Å²) in [6.07, 6.45) is 0.816. The number of methoxy groups -OCH3 is 2. The largest absolute Gasteiger partial charge is 0.385 e. The van der Waals surface area contributed by atoms with Crippen LogP contribution in [0, 0.1) is 5.92 Å². The molecule has 1 unspecified atom stereocenters. The van der Waals surface area contributed by atoms with Gasteiger partial charge in [0, 0.05) is 33.9 Å². The SMILES string of the molecule is COCCCN(CCOC)C(=O)C(N)C(C)C. The van der Waals surface area contributed by atoms with E-state index in [0.29, 0.717) is 26.3 Å². The molecule has 102 valence electrons. The van der Waals surface area contributed by atoms with Crippen LogP contribution in [0.3, 0.4) is 0 Å². The number of rotatable bonds is 9. The number of hydrogen-bond donors (Lipinski definition) is 1. The van der Waals surface area contributed by atoms with Crippen molar-refractivity contribution >= 4 is 5.91 Å². The van der Waals surface area contributed by atoms with E-state index in [2.05, 4.69) is 0 Å². The van der Waals surface area contributed by atoms with Crippen LogP contribution < -0.4 is 5.73 Å². The summed E-state index contributed by atoms with van der Waals surface area (Å²) in [6.45, 7) is 6.32. The van der Waals surface area contributed by atoms with Gasteiger partial charge in [-0.25, -0.2) is 0 Å². The van der Waals surface area contributed by atoms with Crippen LogP contribution in [-0.2, 0) is 14.3 Å². The molecule has 0 saturated carbocycles. The lowest BCUT2D eigenvalue weighted by molar-refractivity contribution is -0.134. The Morgan fingerprint density at radius 3 is 2.24 bits per heavy atom. The molecule has 0 aromatic carbocycles. The van der Waals surface area contributed by atoms with Gasteiger partial charge in [0.05, 0.1) is 12.6 Å². The Morgan fingerprint density at radius 2 is 1.76 bits per heavy atom. The second-order valence-corrected chi connectivity index (χ2v) is 4.43. The Bertz CT molecular complexity index is 210. The predicted octanol–water partition coefficient (Wildman–Crippen LogP) is 0.481. The van der Waals surface area contributed by atoms with Crippen molar-refractivity contribution in [2.75, 3.05) is 40.5 Å². The summed E-state index contributed by atoms with van der Waals surface area (Å²) in [5.41, 5.74) is 5.87. The fraction of sp³-hybridized carbons (Fsp3) is 0.917. The molecular weight excluding hydrogens is 220 g/mol. The first-order valence-electron chi connectivity index (χ1n) is 6.06. The zero-order valence-corrected chi connectivity index (χ0v) is 11.4. The van der Waals surface area contributed by atoms with Crippen LogP contribution in [-0.4, -0.2) is 57.4 Å². The molecule has 0 radical (unpaired) electrons. The first-order valence-corrected chi connectivity index (χ1v) is 6.06. The zero-order chi connectivity index (χ0) is 13.3. The Hall–Kier alpha value is -0.650. The minimum absolute atomic E-state index is 0.00634. The first-order chi connectivity index (χ1) is 8.04. The Kier molecular flexibility index (Phi) is 9.03. The first kappa shape index (κ1) is 16.4. The van der Waals surface area contributed by atoms with Crippen molar-refractivity contribution in [1.82, 2.24) is 4.90 Å². The van der Waals surface area contributed by atoms with E-state index in [0.717, 1.165) is 6.42 Å². The van der Waals surface area contributed by atoms with Crippen molar-refractivity contribution in [2.24, 2.45) is 11.7 Å². The van der Waals surface area contributed by atoms with Gasteiger partial charge in [-0.3, -0.25) is 4.79 Å². The third-order valence-corrected chi connectivity index (χ3v) is 2.66. The second-order valence-electron chi connectivity index (χ2n) is 4.43. The van der Waals surface area contributed by atoms with E-state index in [1.807, 2.05) is 13.8 Å². The van der Waals surface area contributed by atoms with Crippen molar-refractivity contribution < 1.29 is 14.3 Å². The van der Waals surface area contributed by atoms with Crippen LogP contribution in [0.4, 0.5) is 0 Å². The molecule has 17 heavy (non-hydrogen) atoms. The number of hydrogen-bond acceptors (Lipinski definition) is 4. The Labute approximate surface area is 104 Å². The molecule has 2 N–H and O–H groups in total. The molecule has 0 saturated heterocycles. The van der Waals surface area contributed by atoms with Gasteiger partial charge >= 0.3 is 0 Å². The molecule has 0 spiro atoms. The van der Waals surface area contributed by atoms with Crippen molar-refractivity contribution in [2.45, 2.75) is 26.3 Å². The summed E-state index contributed by atoms with van der Waals surface area (Å²) in [6, 6.07) is -0.436. The lowest BCUT2D eigenvalue weighted by Gasteiger charge is -2.27. The van der Waals surface area contributed by atoms with Gasteiger partial charge in [0.25, 0.3) is 0 Å². The molecular formula is C12H26N2O3. The monoisotopic (exact) mass is 246 g/mol. The Morgan fingerprint density at radius 1 is 1.18 bits per heavy atom. The van der Waals surface area contributed by atoms with Gasteiger partial charge in [-0.2, -0.15) is 0 Å². The van der Waals surface area contributed by atoms with Gasteiger partial charge in [0.15, 0.2) is 0 Å². The summed E-state index contributed by atoms with van der Waals surface area (Å²) in [5, 5.41) is 0. The van der Waals surface area contributed by atoms with E-state index in [4.69, 9.17) is 15.2 Å². The van der Waals surface area contributed by atoms with Crippen LogP contribution in [0.25, 0.3) is 0 Å². The average Bonchev–Trinajstić information content (AvgIpc) is 2.31. The summed E-state index contributed by atoms with van der Waals surface area (Å²) in [5.74, 6) is 0.142. The molecule has 5 heteroatoms. The van der Waals surface area contributed by atoms with E-state index >= 15 is 0 Å². The van der Waals surface area contributed by atoms with Crippen LogP contribution >= 0.6 is 0 Å². The molecule has 5 nitrogen and oxygen atoms in total. The van der Waals surface area contributed by atoms with E-state index < -0.39 is 6.04 Å². The maximum Gasteiger partial charge on any atom is 0.239 e. The van der Waals surface area contributed by atoms with Crippen LogP contribution in [0.15, 0.2) is 0 Å². The number of ether oxygens (including phenoxy) is 2. The number of nitrogens with zero attached hydrogens (tertiary/aromatic N) is 1. The lowest BCUT2D eigenvalue weighted by atomic mass is 10.0. The summed E-state index contributed by atoms with van der Waals surface area (Å²) >= 11 is 0. The standard InChI is InChI=1S/C12H26N2O3/c1-10(2)11(13)12(15)14(7-9-17-4)6-5-8-16-3/h10-11H,5-9,13H2,1-4H3. The highest BCUT2D eigenvalue weighted by Crippen LogP contribution is 2.04. The van der Waals surface area contributed by atoms with Crippen molar-refractivity contribution in [3.8, 4) is 0 Å². The molecule has 0 aromatic heterocycles. The maximum absolute atomic E-state index is 12.1. The fourth-order valence-electron chi connectivity index (χ4n) is 1.43. The maximum atomic E-state index is 12.1.